The molecule has 0 aromatic heterocycles. The molecule has 142 valence electrons. The quantitative estimate of drug-likeness (QED) is 0.574. The molecule has 0 aromatic carbocycles. The summed E-state index contributed by atoms with van der Waals surface area (Å²) in [5, 5.41) is 0. The van der Waals surface area contributed by atoms with Gasteiger partial charge < -0.3 is 9.80 Å². The maximum absolute atomic E-state index is 13.0. The molecule has 0 atom stereocenters. The van der Waals surface area contributed by atoms with Gasteiger partial charge >= 0.3 is 6.03 Å². The molecule has 25 heavy (non-hydrogen) atoms. The molecule has 1 heterocycles. The van der Waals surface area contributed by atoms with Crippen molar-refractivity contribution in [1.29, 1.82) is 0 Å². The second-order valence-corrected chi connectivity index (χ2v) is 9.84. The summed E-state index contributed by atoms with van der Waals surface area (Å²) in [5.74, 6) is 3.07. The van der Waals surface area contributed by atoms with Crippen LogP contribution in [0.25, 0.3) is 0 Å². The van der Waals surface area contributed by atoms with Crippen molar-refractivity contribution in [2.45, 2.75) is 84.0 Å². The lowest BCUT2D eigenvalue weighted by molar-refractivity contribution is -0.0599. The van der Waals surface area contributed by atoms with Crippen molar-refractivity contribution in [2.24, 2.45) is 23.2 Å². The number of likely N-dealkylation sites (tertiary alicyclic amines) is 1. The molecule has 0 unspecified atom stereocenters. The van der Waals surface area contributed by atoms with Crippen LogP contribution in [-0.2, 0) is 0 Å². The van der Waals surface area contributed by atoms with Gasteiger partial charge in [-0.25, -0.2) is 4.79 Å². The highest BCUT2D eigenvalue weighted by molar-refractivity contribution is 5.74. The molecular weight excluding hydrogens is 308 g/mol. The molecule has 4 aliphatic carbocycles. The number of nitrogens with zero attached hydrogens (tertiary/aromatic N) is 2. The summed E-state index contributed by atoms with van der Waals surface area (Å²) in [6.07, 6.45) is 16.3. The van der Waals surface area contributed by atoms with Gasteiger partial charge in [0, 0.05) is 26.2 Å². The van der Waals surface area contributed by atoms with Crippen molar-refractivity contribution < 1.29 is 4.79 Å². The molecule has 0 radical (unpaired) electrons. The first-order valence-electron chi connectivity index (χ1n) is 11.2. The van der Waals surface area contributed by atoms with E-state index in [4.69, 9.17) is 0 Å². The summed E-state index contributed by atoms with van der Waals surface area (Å²) in [6, 6.07) is 0.346. The Morgan fingerprint density at radius 3 is 2.12 bits per heavy atom. The molecule has 0 N–H and O–H groups in total. The van der Waals surface area contributed by atoms with E-state index in [1.807, 2.05) is 0 Å². The molecule has 1 saturated heterocycles. The molecule has 5 rings (SSSR count). The zero-order valence-electron chi connectivity index (χ0n) is 16.3. The van der Waals surface area contributed by atoms with E-state index >= 15 is 0 Å². The number of hydrogen-bond donors (Lipinski definition) is 0. The molecule has 4 bridgehead atoms. The molecular formula is C22H38N2O. The lowest BCUT2D eigenvalue weighted by Gasteiger charge is -2.57. The van der Waals surface area contributed by atoms with Crippen molar-refractivity contribution in [3.63, 3.8) is 0 Å². The first kappa shape index (κ1) is 17.7. The van der Waals surface area contributed by atoms with Gasteiger partial charge in [0.05, 0.1) is 0 Å². The summed E-state index contributed by atoms with van der Waals surface area (Å²) in [6.45, 7) is 6.23. The van der Waals surface area contributed by atoms with E-state index in [9.17, 15) is 4.79 Å². The Hall–Kier alpha value is -0.730. The van der Waals surface area contributed by atoms with Gasteiger partial charge in [-0.3, -0.25) is 0 Å². The number of urea groups is 1. The zero-order chi connectivity index (χ0) is 17.3. The summed E-state index contributed by atoms with van der Waals surface area (Å²) < 4.78 is 0. The number of carbonyl (C=O) groups is 1. The Kier molecular flexibility index (Phi) is 5.29. The number of unbranched alkanes of at least 4 members (excludes halogenated alkanes) is 2. The normalized spacial score (nSPS) is 36.2. The Morgan fingerprint density at radius 2 is 1.56 bits per heavy atom. The average Bonchev–Trinajstić information content (AvgIpc) is 3.11. The van der Waals surface area contributed by atoms with Crippen LogP contribution in [0.2, 0.25) is 0 Å². The molecule has 5 aliphatic rings. The van der Waals surface area contributed by atoms with Crippen LogP contribution in [-0.4, -0.2) is 42.0 Å². The summed E-state index contributed by atoms with van der Waals surface area (Å²) in [7, 11) is 0. The summed E-state index contributed by atoms with van der Waals surface area (Å²) in [4.78, 5) is 17.4. The van der Waals surface area contributed by atoms with Gasteiger partial charge in [-0.15, -0.1) is 0 Å². The standard InChI is InChI=1S/C22H38N2O/c1-2-3-4-8-24(21(25)23-9-5-6-10-23)11-7-22-15-18-12-19(16-22)14-20(13-18)17-22/h18-20H,2-17H2,1H3. The number of hydrogen-bond acceptors (Lipinski definition) is 1. The highest BCUT2D eigenvalue weighted by atomic mass is 16.2. The lowest BCUT2D eigenvalue weighted by atomic mass is 9.49. The third kappa shape index (κ3) is 3.85. The van der Waals surface area contributed by atoms with E-state index in [0.29, 0.717) is 11.4 Å². The van der Waals surface area contributed by atoms with Crippen LogP contribution >= 0.6 is 0 Å². The largest absolute Gasteiger partial charge is 0.325 e. The number of carbonyl (C=O) groups excluding carboxylic acids is 1. The number of amides is 2. The Balaban J connectivity index is 1.37. The van der Waals surface area contributed by atoms with Crippen LogP contribution in [0.1, 0.15) is 84.0 Å². The minimum absolute atomic E-state index is 0.346. The zero-order valence-corrected chi connectivity index (χ0v) is 16.3. The molecule has 1 aliphatic heterocycles. The minimum atomic E-state index is 0.346. The highest BCUT2D eigenvalue weighted by Crippen LogP contribution is 2.61. The highest BCUT2D eigenvalue weighted by Gasteiger charge is 2.50. The van der Waals surface area contributed by atoms with Gasteiger partial charge in [-0.2, -0.15) is 0 Å². The predicted molar refractivity (Wildman–Crippen MR) is 103 cm³/mol. The summed E-state index contributed by atoms with van der Waals surface area (Å²) in [5.41, 5.74) is 0.600. The van der Waals surface area contributed by atoms with Gasteiger partial charge in [-0.1, -0.05) is 19.8 Å². The maximum Gasteiger partial charge on any atom is 0.319 e. The van der Waals surface area contributed by atoms with Crippen LogP contribution in [0, 0.1) is 23.2 Å². The SMILES string of the molecule is CCCCCN(CCC12CC3CC(CC(C3)C1)C2)C(=O)N1CCCC1. The average molecular weight is 347 g/mol. The van der Waals surface area contributed by atoms with Crippen LogP contribution in [0.3, 0.4) is 0 Å². The Bertz CT molecular complexity index is 433. The fourth-order valence-electron chi connectivity index (χ4n) is 6.93. The third-order valence-electron chi connectivity index (χ3n) is 7.76. The smallest absolute Gasteiger partial charge is 0.319 e. The Labute approximate surface area is 154 Å². The molecule has 3 nitrogen and oxygen atoms in total. The molecule has 5 fully saturated rings. The van der Waals surface area contributed by atoms with Crippen molar-refractivity contribution >= 4 is 6.03 Å². The fraction of sp³-hybridized carbons (Fsp3) is 0.955. The van der Waals surface area contributed by atoms with Crippen molar-refractivity contribution in [2.75, 3.05) is 26.2 Å². The monoisotopic (exact) mass is 346 g/mol. The van der Waals surface area contributed by atoms with Gasteiger partial charge in [0.15, 0.2) is 0 Å². The lowest BCUT2D eigenvalue weighted by Crippen LogP contribution is -2.49. The first-order valence-corrected chi connectivity index (χ1v) is 11.2. The molecule has 3 heteroatoms. The molecule has 0 spiro atoms. The Morgan fingerprint density at radius 1 is 0.960 bits per heavy atom. The maximum atomic E-state index is 13.0. The van der Waals surface area contributed by atoms with Crippen LogP contribution in [0.5, 0.6) is 0 Å². The van der Waals surface area contributed by atoms with E-state index < -0.39 is 0 Å². The van der Waals surface area contributed by atoms with Gasteiger partial charge in [0.1, 0.15) is 0 Å². The molecule has 0 aromatic rings. The first-order chi connectivity index (χ1) is 12.2. The number of rotatable bonds is 7. The van der Waals surface area contributed by atoms with Crippen LogP contribution < -0.4 is 0 Å². The minimum Gasteiger partial charge on any atom is -0.325 e. The molecule has 2 amide bonds. The topological polar surface area (TPSA) is 23.6 Å². The van der Waals surface area contributed by atoms with Crippen LogP contribution in [0.4, 0.5) is 4.79 Å². The van der Waals surface area contributed by atoms with Gasteiger partial charge in [0.25, 0.3) is 0 Å². The van der Waals surface area contributed by atoms with Gasteiger partial charge in [-0.05, 0) is 87.4 Å². The van der Waals surface area contributed by atoms with Gasteiger partial charge in [0.2, 0.25) is 0 Å². The van der Waals surface area contributed by atoms with Crippen molar-refractivity contribution in [3.8, 4) is 0 Å². The second kappa shape index (κ2) is 7.48. The predicted octanol–water partition coefficient (Wildman–Crippen LogP) is 5.30. The van der Waals surface area contributed by atoms with Crippen molar-refractivity contribution in [3.05, 3.63) is 0 Å². The van der Waals surface area contributed by atoms with Crippen LogP contribution in [0.15, 0.2) is 0 Å². The third-order valence-corrected chi connectivity index (χ3v) is 7.76. The van der Waals surface area contributed by atoms with E-state index in [1.54, 1.807) is 0 Å². The van der Waals surface area contributed by atoms with E-state index in [2.05, 4.69) is 16.7 Å². The van der Waals surface area contributed by atoms with E-state index in [0.717, 1.165) is 43.9 Å². The fourth-order valence-corrected chi connectivity index (χ4v) is 6.93. The second-order valence-electron chi connectivity index (χ2n) is 9.84. The van der Waals surface area contributed by atoms with Crippen molar-refractivity contribution in [1.82, 2.24) is 9.80 Å². The summed E-state index contributed by atoms with van der Waals surface area (Å²) >= 11 is 0. The van der Waals surface area contributed by atoms with E-state index in [-0.39, 0.29) is 0 Å². The van der Waals surface area contributed by atoms with E-state index in [1.165, 1.54) is 77.0 Å². The molecule has 4 saturated carbocycles.